The molecule has 2 fully saturated rings. The smallest absolute Gasteiger partial charge is 0.266 e. The van der Waals surface area contributed by atoms with Crippen molar-refractivity contribution in [2.24, 2.45) is 5.92 Å². The monoisotopic (exact) mass is 439 g/mol. The summed E-state index contributed by atoms with van der Waals surface area (Å²) in [6.07, 6.45) is 5.75. The predicted molar refractivity (Wildman–Crippen MR) is 118 cm³/mol. The highest BCUT2D eigenvalue weighted by Gasteiger charge is 2.36. The lowest BCUT2D eigenvalue weighted by Gasteiger charge is -2.33. The van der Waals surface area contributed by atoms with Gasteiger partial charge in [0.15, 0.2) is 11.5 Å². The van der Waals surface area contributed by atoms with Gasteiger partial charge in [0.1, 0.15) is 0 Å². The molecule has 0 bridgehead atoms. The fourth-order valence-corrected chi connectivity index (χ4v) is 5.12. The quantitative estimate of drug-likeness (QED) is 0.713. The average Bonchev–Trinajstić information content (AvgIpc) is 3.49. The first-order chi connectivity index (χ1) is 15.6. The second-order valence-corrected chi connectivity index (χ2v) is 8.86. The predicted octanol–water partition coefficient (Wildman–Crippen LogP) is 2.84. The summed E-state index contributed by atoms with van der Waals surface area (Å²) in [6.45, 7) is 1.36. The Kier molecular flexibility index (Phi) is 5.87. The lowest BCUT2D eigenvalue weighted by molar-refractivity contribution is -0.139. The van der Waals surface area contributed by atoms with E-state index in [1.165, 1.54) is 4.68 Å². The molecule has 3 heterocycles. The Bertz CT molecular complexity index is 1050. The molecular weight excluding hydrogens is 410 g/mol. The Balaban J connectivity index is 1.33. The molecular formula is C24H29N3O5. The van der Waals surface area contributed by atoms with Crippen molar-refractivity contribution in [1.82, 2.24) is 14.7 Å². The number of nitrogens with zero attached hydrogens (tertiary/aromatic N) is 3. The van der Waals surface area contributed by atoms with E-state index in [0.717, 1.165) is 50.6 Å². The maximum atomic E-state index is 13.3. The number of carbonyl (C=O) groups is 1. The lowest BCUT2D eigenvalue weighted by atomic mass is 9.86. The van der Waals surface area contributed by atoms with Crippen LogP contribution in [-0.4, -0.2) is 53.2 Å². The molecule has 32 heavy (non-hydrogen) atoms. The summed E-state index contributed by atoms with van der Waals surface area (Å²) in [4.78, 5) is 27.8. The largest absolute Gasteiger partial charge is 0.454 e. The summed E-state index contributed by atoms with van der Waals surface area (Å²) < 4.78 is 17.8. The van der Waals surface area contributed by atoms with Gasteiger partial charge in [-0.1, -0.05) is 6.42 Å². The van der Waals surface area contributed by atoms with E-state index in [9.17, 15) is 9.59 Å². The van der Waals surface area contributed by atoms with E-state index in [-0.39, 0.29) is 36.3 Å². The van der Waals surface area contributed by atoms with E-state index in [4.69, 9.17) is 14.2 Å². The Morgan fingerprint density at radius 2 is 2.00 bits per heavy atom. The highest BCUT2D eigenvalue weighted by Crippen LogP contribution is 2.35. The van der Waals surface area contributed by atoms with Crippen LogP contribution in [0.4, 0.5) is 0 Å². The molecule has 8 heteroatoms. The third-order valence-corrected chi connectivity index (χ3v) is 6.89. The van der Waals surface area contributed by atoms with E-state index < -0.39 is 0 Å². The molecule has 0 N–H and O–H groups in total. The number of carbonyl (C=O) groups excluding carboxylic acids is 1. The number of fused-ring (bicyclic) bond motifs is 1. The van der Waals surface area contributed by atoms with Crippen LogP contribution in [0.5, 0.6) is 11.5 Å². The molecule has 8 nitrogen and oxygen atoms in total. The molecule has 0 spiro atoms. The highest BCUT2D eigenvalue weighted by atomic mass is 16.7. The molecule has 1 saturated heterocycles. The number of benzene rings is 1. The van der Waals surface area contributed by atoms with Gasteiger partial charge in [0.25, 0.3) is 5.56 Å². The molecule has 3 atom stereocenters. The van der Waals surface area contributed by atoms with Crippen LogP contribution in [0.25, 0.3) is 11.3 Å². The van der Waals surface area contributed by atoms with Gasteiger partial charge in [-0.2, -0.15) is 5.10 Å². The number of ether oxygens (including phenoxy) is 3. The summed E-state index contributed by atoms with van der Waals surface area (Å²) in [5, 5.41) is 4.61. The van der Waals surface area contributed by atoms with Gasteiger partial charge in [-0.3, -0.25) is 9.59 Å². The minimum atomic E-state index is -0.161. The molecule has 1 aliphatic carbocycles. The summed E-state index contributed by atoms with van der Waals surface area (Å²) in [6, 6.07) is 8.89. The molecule has 0 unspecified atom stereocenters. The van der Waals surface area contributed by atoms with Crippen molar-refractivity contribution in [3.05, 3.63) is 40.7 Å². The van der Waals surface area contributed by atoms with Crippen molar-refractivity contribution in [3.63, 3.8) is 0 Å². The average molecular weight is 440 g/mol. The number of hydrogen-bond donors (Lipinski definition) is 0. The summed E-state index contributed by atoms with van der Waals surface area (Å²) >= 11 is 0. The molecule has 170 valence electrons. The van der Waals surface area contributed by atoms with Crippen LogP contribution >= 0.6 is 0 Å². The zero-order valence-corrected chi connectivity index (χ0v) is 18.4. The zero-order chi connectivity index (χ0) is 22.1. The summed E-state index contributed by atoms with van der Waals surface area (Å²) in [5.41, 5.74) is 1.38. The van der Waals surface area contributed by atoms with Gasteiger partial charge < -0.3 is 19.1 Å². The van der Waals surface area contributed by atoms with E-state index in [1.807, 2.05) is 23.1 Å². The normalized spacial score (nSPS) is 24.7. The van der Waals surface area contributed by atoms with E-state index >= 15 is 0 Å². The maximum absolute atomic E-state index is 13.3. The second kappa shape index (κ2) is 8.94. The Morgan fingerprint density at radius 1 is 1.12 bits per heavy atom. The second-order valence-electron chi connectivity index (χ2n) is 8.86. The van der Waals surface area contributed by atoms with Crippen molar-refractivity contribution in [2.45, 2.75) is 57.2 Å². The van der Waals surface area contributed by atoms with E-state index in [2.05, 4.69) is 5.10 Å². The zero-order valence-electron chi connectivity index (χ0n) is 18.4. The Morgan fingerprint density at radius 3 is 2.88 bits per heavy atom. The van der Waals surface area contributed by atoms with Crippen molar-refractivity contribution in [1.29, 1.82) is 0 Å². The van der Waals surface area contributed by atoms with Crippen LogP contribution < -0.4 is 15.0 Å². The minimum absolute atomic E-state index is 0.0115. The SMILES string of the molecule is CO[C@@H]1CCC[C@H](C(=O)N2CCC[C@H]2Cn2nc(-c3ccc4c(c3)OCO4)ccc2=O)C1. The molecule has 1 aromatic heterocycles. The van der Waals surface area contributed by atoms with E-state index in [1.54, 1.807) is 19.2 Å². The molecule has 2 aromatic rings. The maximum Gasteiger partial charge on any atom is 0.266 e. The van der Waals surface area contributed by atoms with Crippen LogP contribution in [0.1, 0.15) is 38.5 Å². The third kappa shape index (κ3) is 4.11. The summed E-state index contributed by atoms with van der Waals surface area (Å²) in [5.74, 6) is 1.60. The van der Waals surface area contributed by atoms with Crippen molar-refractivity contribution < 1.29 is 19.0 Å². The standard InChI is InChI=1S/C24H29N3O5/c1-30-19-6-2-4-17(12-19)24(29)26-11-3-5-18(26)14-27-23(28)10-8-20(25-27)16-7-9-21-22(13-16)32-15-31-21/h7-10,13,17-19H,2-6,11-12,14-15H2,1H3/t17-,18-,19+/m0/s1. The first kappa shape index (κ1) is 21.0. The molecule has 1 amide bonds. The Labute approximate surface area is 187 Å². The molecule has 3 aliphatic rings. The third-order valence-electron chi connectivity index (χ3n) is 6.89. The van der Waals surface area contributed by atoms with Crippen molar-refractivity contribution >= 4 is 5.91 Å². The Hall–Kier alpha value is -2.87. The van der Waals surface area contributed by atoms with Crippen LogP contribution in [0.15, 0.2) is 35.1 Å². The number of methoxy groups -OCH3 is 1. The fourth-order valence-electron chi connectivity index (χ4n) is 5.12. The van der Waals surface area contributed by atoms with Crippen LogP contribution in [-0.2, 0) is 16.1 Å². The number of likely N-dealkylation sites (tertiary alicyclic amines) is 1. The summed E-state index contributed by atoms with van der Waals surface area (Å²) in [7, 11) is 1.72. The van der Waals surface area contributed by atoms with Crippen LogP contribution in [0.3, 0.4) is 0 Å². The molecule has 1 aromatic carbocycles. The van der Waals surface area contributed by atoms with Crippen LogP contribution in [0, 0.1) is 5.92 Å². The van der Waals surface area contributed by atoms with Gasteiger partial charge in [0, 0.05) is 31.2 Å². The number of amides is 1. The molecule has 5 rings (SSSR count). The number of aromatic nitrogens is 2. The van der Waals surface area contributed by atoms with Gasteiger partial charge in [-0.05, 0) is 56.4 Å². The van der Waals surface area contributed by atoms with Crippen LogP contribution in [0.2, 0.25) is 0 Å². The molecule has 0 radical (unpaired) electrons. The van der Waals surface area contributed by atoms with Crippen molar-refractivity contribution in [2.75, 3.05) is 20.4 Å². The first-order valence-corrected chi connectivity index (χ1v) is 11.4. The lowest BCUT2D eigenvalue weighted by Crippen LogP contribution is -2.44. The number of hydrogen-bond acceptors (Lipinski definition) is 6. The van der Waals surface area contributed by atoms with Gasteiger partial charge >= 0.3 is 0 Å². The highest BCUT2D eigenvalue weighted by molar-refractivity contribution is 5.79. The first-order valence-electron chi connectivity index (χ1n) is 11.4. The fraction of sp³-hybridized carbons (Fsp3) is 0.542. The van der Waals surface area contributed by atoms with Crippen molar-refractivity contribution in [3.8, 4) is 22.8 Å². The van der Waals surface area contributed by atoms with Gasteiger partial charge in [-0.15, -0.1) is 0 Å². The minimum Gasteiger partial charge on any atom is -0.454 e. The van der Waals surface area contributed by atoms with Gasteiger partial charge in [0.2, 0.25) is 12.7 Å². The molecule has 1 saturated carbocycles. The van der Waals surface area contributed by atoms with Gasteiger partial charge in [-0.25, -0.2) is 4.68 Å². The number of rotatable bonds is 5. The van der Waals surface area contributed by atoms with E-state index in [0.29, 0.717) is 23.7 Å². The topological polar surface area (TPSA) is 82.9 Å². The molecule has 2 aliphatic heterocycles. The van der Waals surface area contributed by atoms with Gasteiger partial charge in [0.05, 0.1) is 24.4 Å².